The van der Waals surface area contributed by atoms with Crippen LogP contribution in [0.5, 0.6) is 0 Å². The van der Waals surface area contributed by atoms with Crippen LogP contribution in [0.25, 0.3) is 43.6 Å². The smallest absolute Gasteiger partial charge is 0.200 e. The molecule has 0 saturated carbocycles. The number of fused-ring (bicyclic) bond motifs is 5. The molecule has 1 aliphatic heterocycles. The maximum atomic E-state index is 2.50. The Bertz CT molecular complexity index is 1800. The Kier molecular flexibility index (Phi) is 6.77. The van der Waals surface area contributed by atoms with Crippen LogP contribution in [0.4, 0.5) is 0 Å². The van der Waals surface area contributed by atoms with E-state index in [1.165, 1.54) is 75.6 Å². The summed E-state index contributed by atoms with van der Waals surface area (Å²) in [4.78, 5) is 2.86. The lowest BCUT2D eigenvalue weighted by Crippen LogP contribution is -2.32. The highest BCUT2D eigenvalue weighted by Crippen LogP contribution is 2.53. The molecule has 206 valence electrons. The Hall–Kier alpha value is -2.84. The van der Waals surface area contributed by atoms with Crippen LogP contribution in [-0.4, -0.2) is 0 Å². The number of rotatable bonds is 5. The maximum Gasteiger partial charge on any atom is 0.222 e. The van der Waals surface area contributed by atoms with Crippen LogP contribution in [0.15, 0.2) is 64.5 Å². The molecule has 0 N–H and O–H groups in total. The minimum absolute atomic E-state index is 0.263. The van der Waals surface area contributed by atoms with E-state index in [0.29, 0.717) is 11.8 Å². The first kappa shape index (κ1) is 27.3. The highest BCUT2D eigenvalue weighted by Gasteiger charge is 2.32. The van der Waals surface area contributed by atoms with Gasteiger partial charge in [-0.25, -0.2) is 4.57 Å². The van der Waals surface area contributed by atoms with Crippen molar-refractivity contribution in [3.63, 3.8) is 0 Å². The first-order chi connectivity index (χ1) is 18.9. The summed E-state index contributed by atoms with van der Waals surface area (Å²) in [6, 6.07) is 19.3. The zero-order valence-corrected chi connectivity index (χ0v) is 26.6. The molecule has 0 unspecified atom stereocenters. The van der Waals surface area contributed by atoms with E-state index in [4.69, 9.17) is 0 Å². The monoisotopic (exact) mass is 546 g/mol. The van der Waals surface area contributed by atoms with Gasteiger partial charge in [-0.15, -0.1) is 0 Å². The molecule has 2 heteroatoms. The molecule has 1 aromatic heterocycles. The number of pyridine rings is 1. The van der Waals surface area contributed by atoms with Crippen LogP contribution >= 0.6 is 11.8 Å². The summed E-state index contributed by atoms with van der Waals surface area (Å²) >= 11 is 2.01. The van der Waals surface area contributed by atoms with E-state index in [0.717, 1.165) is 19.3 Å². The zero-order chi connectivity index (χ0) is 28.5. The van der Waals surface area contributed by atoms with Crippen molar-refractivity contribution in [2.24, 2.45) is 24.3 Å². The standard InChI is InChI=1S/C38H44NS/c1-22(2)16-25-10-12-27-20-33-35-29(31(27)18-25)14-15-39(9)36(35)34-24(5)30-19-26(21-38(6,7)8)11-13-28(30)32(17-23(3)4)37(34)40-33/h10-15,18-20,22-23H,16-17,21H2,1-9H3/q+1. The van der Waals surface area contributed by atoms with Gasteiger partial charge in [-0.1, -0.05) is 96.6 Å². The van der Waals surface area contributed by atoms with Crippen molar-refractivity contribution in [2.75, 3.05) is 0 Å². The van der Waals surface area contributed by atoms with Gasteiger partial charge < -0.3 is 0 Å². The van der Waals surface area contributed by atoms with Gasteiger partial charge in [-0.2, -0.15) is 0 Å². The zero-order valence-electron chi connectivity index (χ0n) is 25.8. The second-order valence-corrected chi connectivity index (χ2v) is 15.3. The third-order valence-corrected chi connectivity index (χ3v) is 9.59. The third-order valence-electron chi connectivity index (χ3n) is 8.39. The molecule has 1 aliphatic rings. The summed E-state index contributed by atoms with van der Waals surface area (Å²) in [5.74, 6) is 1.24. The van der Waals surface area contributed by atoms with Gasteiger partial charge in [0.05, 0.1) is 10.9 Å². The molecule has 1 nitrogen and oxygen atoms in total. The normalized spacial score (nSPS) is 13.3. The molecule has 0 fully saturated rings. The third kappa shape index (κ3) is 4.73. The summed E-state index contributed by atoms with van der Waals surface area (Å²) in [6.45, 7) is 18.7. The van der Waals surface area contributed by atoms with E-state index >= 15 is 0 Å². The summed E-state index contributed by atoms with van der Waals surface area (Å²) in [5.41, 5.74) is 8.90. The second kappa shape index (κ2) is 9.91. The molecular weight excluding hydrogens is 502 g/mol. The van der Waals surface area contributed by atoms with Crippen LogP contribution in [0.1, 0.15) is 70.7 Å². The van der Waals surface area contributed by atoms with Crippen LogP contribution in [0, 0.1) is 24.2 Å². The number of nitrogens with zero attached hydrogens (tertiary/aromatic N) is 1. The van der Waals surface area contributed by atoms with E-state index in [1.54, 1.807) is 0 Å². The van der Waals surface area contributed by atoms with Crippen LogP contribution < -0.4 is 4.57 Å². The van der Waals surface area contributed by atoms with E-state index in [9.17, 15) is 0 Å². The Labute approximate surface area is 245 Å². The number of hydrogen-bond donors (Lipinski definition) is 0. The number of hydrogen-bond acceptors (Lipinski definition) is 1. The van der Waals surface area contributed by atoms with E-state index in [1.807, 2.05) is 11.8 Å². The lowest BCUT2D eigenvalue weighted by molar-refractivity contribution is -0.659. The molecule has 0 aliphatic carbocycles. The number of aryl methyl sites for hydroxylation is 2. The summed E-state index contributed by atoms with van der Waals surface area (Å²) in [5, 5.41) is 8.40. The quantitative estimate of drug-likeness (QED) is 0.154. The van der Waals surface area contributed by atoms with E-state index in [-0.39, 0.29) is 5.41 Å². The minimum Gasteiger partial charge on any atom is -0.200 e. The van der Waals surface area contributed by atoms with Crippen molar-refractivity contribution in [1.29, 1.82) is 0 Å². The fourth-order valence-electron chi connectivity index (χ4n) is 6.86. The van der Waals surface area contributed by atoms with Gasteiger partial charge in [0.15, 0.2) is 6.20 Å². The molecule has 0 bridgehead atoms. The molecule has 2 heterocycles. The van der Waals surface area contributed by atoms with Crippen molar-refractivity contribution < 1.29 is 4.57 Å². The molecule has 5 aromatic rings. The van der Waals surface area contributed by atoms with Crippen LogP contribution in [0.2, 0.25) is 0 Å². The first-order valence-electron chi connectivity index (χ1n) is 15.1. The number of aromatic nitrogens is 1. The summed E-state index contributed by atoms with van der Waals surface area (Å²) in [6.07, 6.45) is 5.58. The van der Waals surface area contributed by atoms with Gasteiger partial charge in [0.1, 0.15) is 7.05 Å². The highest BCUT2D eigenvalue weighted by atomic mass is 32.2. The molecule has 0 amide bonds. The largest absolute Gasteiger partial charge is 0.222 e. The second-order valence-electron chi connectivity index (χ2n) is 14.2. The molecule has 6 rings (SSSR count). The Morgan fingerprint density at radius 2 is 1.48 bits per heavy atom. The Morgan fingerprint density at radius 1 is 0.775 bits per heavy atom. The van der Waals surface area contributed by atoms with E-state index in [2.05, 4.69) is 122 Å². The lowest BCUT2D eigenvalue weighted by Gasteiger charge is -2.26. The van der Waals surface area contributed by atoms with Crippen molar-refractivity contribution in [1.82, 2.24) is 0 Å². The average molecular weight is 547 g/mol. The van der Waals surface area contributed by atoms with Crippen molar-refractivity contribution in [3.05, 3.63) is 77.0 Å². The van der Waals surface area contributed by atoms with Crippen LogP contribution in [0.3, 0.4) is 0 Å². The minimum atomic E-state index is 0.263. The van der Waals surface area contributed by atoms with Crippen molar-refractivity contribution >= 4 is 44.1 Å². The molecular formula is C38H44NS+. The van der Waals surface area contributed by atoms with Gasteiger partial charge >= 0.3 is 0 Å². The molecule has 4 aromatic carbocycles. The molecule has 0 atom stereocenters. The Morgan fingerprint density at radius 3 is 2.17 bits per heavy atom. The molecule has 0 spiro atoms. The fraction of sp³-hybridized carbons (Fsp3) is 0.395. The van der Waals surface area contributed by atoms with Gasteiger partial charge in [0, 0.05) is 21.2 Å². The maximum absolute atomic E-state index is 2.50. The highest BCUT2D eigenvalue weighted by molar-refractivity contribution is 8.00. The predicted octanol–water partition coefficient (Wildman–Crippen LogP) is 10.4. The summed E-state index contributed by atoms with van der Waals surface area (Å²) in [7, 11) is 2.24. The average Bonchev–Trinajstić information content (AvgIpc) is 2.86. The van der Waals surface area contributed by atoms with Gasteiger partial charge in [0.2, 0.25) is 5.69 Å². The van der Waals surface area contributed by atoms with Crippen molar-refractivity contribution in [2.45, 2.75) is 84.4 Å². The molecule has 0 radical (unpaired) electrons. The van der Waals surface area contributed by atoms with E-state index < -0.39 is 0 Å². The predicted molar refractivity (Wildman–Crippen MR) is 175 cm³/mol. The summed E-state index contributed by atoms with van der Waals surface area (Å²) < 4.78 is 2.38. The molecule has 40 heavy (non-hydrogen) atoms. The lowest BCUT2D eigenvalue weighted by atomic mass is 9.84. The topological polar surface area (TPSA) is 3.88 Å². The van der Waals surface area contributed by atoms with Crippen LogP contribution in [-0.2, 0) is 26.3 Å². The SMILES string of the molecule is Cc1c2c(c(CC(C)C)c3ccc(CC(C)(C)C)cc13)Sc1cc3ccc(CC(C)C)cc3c3cc[n+](C)c-2c13. The Balaban J connectivity index is 1.70. The molecule has 0 saturated heterocycles. The van der Waals surface area contributed by atoms with Gasteiger partial charge in [-0.3, -0.25) is 0 Å². The van der Waals surface area contributed by atoms with Gasteiger partial charge in [-0.05, 0) is 93.3 Å². The van der Waals surface area contributed by atoms with Gasteiger partial charge in [0.25, 0.3) is 0 Å². The first-order valence-corrected chi connectivity index (χ1v) is 15.9. The van der Waals surface area contributed by atoms with Crippen molar-refractivity contribution in [3.8, 4) is 11.3 Å². The number of benzene rings is 4. The fourth-order valence-corrected chi connectivity index (χ4v) is 8.24.